The summed E-state index contributed by atoms with van der Waals surface area (Å²) in [4.78, 5) is 26.0. The smallest absolute Gasteiger partial charge is 0.251 e. The van der Waals surface area contributed by atoms with E-state index in [0.717, 1.165) is 30.0 Å². The van der Waals surface area contributed by atoms with Gasteiger partial charge in [-0.15, -0.1) is 0 Å². The van der Waals surface area contributed by atoms with Crippen molar-refractivity contribution >= 4 is 23.1 Å². The molecule has 106 valence electrons. The number of fused-ring (bicyclic) bond motifs is 1. The average molecular weight is 272 g/mol. The van der Waals surface area contributed by atoms with E-state index in [-0.39, 0.29) is 5.91 Å². The first-order valence-corrected chi connectivity index (χ1v) is 7.04. The molecule has 0 spiro atoms. The van der Waals surface area contributed by atoms with Crippen LogP contribution in [0.4, 0.5) is 0 Å². The molecule has 0 saturated heterocycles. The Morgan fingerprint density at radius 2 is 2.10 bits per heavy atom. The Hall–Kier alpha value is -2.10. The van der Waals surface area contributed by atoms with Crippen molar-refractivity contribution in [3.8, 4) is 0 Å². The normalized spacial score (nSPS) is 10.9. The second kappa shape index (κ2) is 6.37. The van der Waals surface area contributed by atoms with Gasteiger partial charge in [0.25, 0.3) is 5.91 Å². The van der Waals surface area contributed by atoms with E-state index in [1.165, 1.54) is 0 Å². The summed E-state index contributed by atoms with van der Waals surface area (Å²) in [7, 11) is 0. The van der Waals surface area contributed by atoms with E-state index < -0.39 is 0 Å². The SMILES string of the molecule is CCC(CC)CNC(=O)c1ccc2c(C=O)c[nH]c2c1. The van der Waals surface area contributed by atoms with Crippen molar-refractivity contribution in [2.45, 2.75) is 26.7 Å². The lowest BCUT2D eigenvalue weighted by atomic mass is 10.0. The number of H-pyrrole nitrogens is 1. The van der Waals surface area contributed by atoms with Crippen LogP contribution >= 0.6 is 0 Å². The highest BCUT2D eigenvalue weighted by molar-refractivity contribution is 6.02. The fourth-order valence-corrected chi connectivity index (χ4v) is 2.30. The van der Waals surface area contributed by atoms with Crippen LogP contribution in [0, 0.1) is 5.92 Å². The molecule has 0 atom stereocenters. The maximum Gasteiger partial charge on any atom is 0.251 e. The van der Waals surface area contributed by atoms with Crippen LogP contribution in [0.5, 0.6) is 0 Å². The third-order valence-corrected chi connectivity index (χ3v) is 3.81. The summed E-state index contributed by atoms with van der Waals surface area (Å²) >= 11 is 0. The minimum absolute atomic E-state index is 0.0685. The van der Waals surface area contributed by atoms with Crippen molar-refractivity contribution < 1.29 is 9.59 Å². The van der Waals surface area contributed by atoms with E-state index in [4.69, 9.17) is 0 Å². The lowest BCUT2D eigenvalue weighted by molar-refractivity contribution is 0.0946. The van der Waals surface area contributed by atoms with Gasteiger partial charge < -0.3 is 10.3 Å². The Balaban J connectivity index is 2.12. The summed E-state index contributed by atoms with van der Waals surface area (Å²) in [5, 5.41) is 3.81. The lowest BCUT2D eigenvalue weighted by Crippen LogP contribution is -2.28. The molecule has 0 fully saturated rings. The van der Waals surface area contributed by atoms with Gasteiger partial charge in [0.05, 0.1) is 0 Å². The predicted octanol–water partition coefficient (Wildman–Crippen LogP) is 3.15. The standard InChI is InChI=1S/C16H20N2O2/c1-3-11(4-2)8-18-16(20)12-5-6-14-13(10-19)9-17-15(14)7-12/h5-7,9-11,17H,3-4,8H2,1-2H3,(H,18,20). The van der Waals surface area contributed by atoms with Crippen LogP contribution in [0.3, 0.4) is 0 Å². The number of hydrogen-bond donors (Lipinski definition) is 2. The summed E-state index contributed by atoms with van der Waals surface area (Å²) in [6.07, 6.45) is 4.60. The van der Waals surface area contributed by atoms with Crippen LogP contribution in [0.2, 0.25) is 0 Å². The van der Waals surface area contributed by atoms with Crippen LogP contribution < -0.4 is 5.32 Å². The van der Waals surface area contributed by atoms with Gasteiger partial charge in [-0.25, -0.2) is 0 Å². The molecule has 1 aromatic carbocycles. The van der Waals surface area contributed by atoms with Gasteiger partial charge in [-0.1, -0.05) is 32.8 Å². The summed E-state index contributed by atoms with van der Waals surface area (Å²) in [5.74, 6) is 0.455. The van der Waals surface area contributed by atoms with Gasteiger partial charge in [0.15, 0.2) is 6.29 Å². The van der Waals surface area contributed by atoms with E-state index in [1.807, 2.05) is 6.07 Å². The average Bonchev–Trinajstić information content (AvgIpc) is 2.90. The minimum atomic E-state index is -0.0685. The molecular weight excluding hydrogens is 252 g/mol. The molecule has 0 saturated carbocycles. The number of hydrogen-bond acceptors (Lipinski definition) is 2. The van der Waals surface area contributed by atoms with E-state index in [0.29, 0.717) is 23.6 Å². The van der Waals surface area contributed by atoms with Crippen molar-refractivity contribution in [1.82, 2.24) is 10.3 Å². The Labute approximate surface area is 118 Å². The molecule has 2 aromatic rings. The van der Waals surface area contributed by atoms with E-state index in [9.17, 15) is 9.59 Å². The van der Waals surface area contributed by atoms with Gasteiger partial charge in [0.1, 0.15) is 0 Å². The first-order chi connectivity index (χ1) is 9.69. The summed E-state index contributed by atoms with van der Waals surface area (Å²) in [6, 6.07) is 5.34. The van der Waals surface area contributed by atoms with Gasteiger partial charge >= 0.3 is 0 Å². The number of benzene rings is 1. The Morgan fingerprint density at radius 1 is 1.35 bits per heavy atom. The number of aromatic amines is 1. The second-order valence-electron chi connectivity index (χ2n) is 5.01. The first kappa shape index (κ1) is 14.3. The molecule has 1 amide bonds. The maximum absolute atomic E-state index is 12.1. The third kappa shape index (κ3) is 2.90. The molecule has 0 aliphatic carbocycles. The number of carbonyl (C=O) groups excluding carboxylic acids is 2. The molecule has 0 radical (unpaired) electrons. The molecule has 0 bridgehead atoms. The quantitative estimate of drug-likeness (QED) is 0.793. The van der Waals surface area contributed by atoms with Crippen LogP contribution in [-0.4, -0.2) is 23.7 Å². The zero-order chi connectivity index (χ0) is 14.5. The summed E-state index contributed by atoms with van der Waals surface area (Å²) in [6.45, 7) is 4.96. The summed E-state index contributed by atoms with van der Waals surface area (Å²) < 4.78 is 0. The lowest BCUT2D eigenvalue weighted by Gasteiger charge is -2.13. The van der Waals surface area contributed by atoms with E-state index in [1.54, 1.807) is 18.3 Å². The van der Waals surface area contributed by atoms with Gasteiger partial charge in [-0.2, -0.15) is 0 Å². The number of aldehydes is 1. The molecule has 4 heteroatoms. The molecule has 2 rings (SSSR count). The number of rotatable bonds is 6. The Morgan fingerprint density at radius 3 is 2.75 bits per heavy atom. The number of nitrogens with one attached hydrogen (secondary N) is 2. The van der Waals surface area contributed by atoms with Crippen molar-refractivity contribution in [3.05, 3.63) is 35.5 Å². The molecule has 4 nitrogen and oxygen atoms in total. The molecule has 20 heavy (non-hydrogen) atoms. The van der Waals surface area contributed by atoms with Gasteiger partial charge in [0, 0.05) is 34.8 Å². The maximum atomic E-state index is 12.1. The largest absolute Gasteiger partial charge is 0.360 e. The predicted molar refractivity (Wildman–Crippen MR) is 80.1 cm³/mol. The van der Waals surface area contributed by atoms with Gasteiger partial charge in [0.2, 0.25) is 0 Å². The molecular formula is C16H20N2O2. The Bertz CT molecular complexity index is 612. The number of carbonyl (C=O) groups is 2. The molecule has 0 aliphatic rings. The number of amides is 1. The Kier molecular flexibility index (Phi) is 4.56. The van der Waals surface area contributed by atoms with E-state index in [2.05, 4.69) is 24.1 Å². The van der Waals surface area contributed by atoms with E-state index >= 15 is 0 Å². The van der Waals surface area contributed by atoms with Crippen molar-refractivity contribution in [2.24, 2.45) is 5.92 Å². The molecule has 1 aromatic heterocycles. The molecule has 0 aliphatic heterocycles. The second-order valence-corrected chi connectivity index (χ2v) is 5.01. The third-order valence-electron chi connectivity index (χ3n) is 3.81. The minimum Gasteiger partial charge on any atom is -0.360 e. The highest BCUT2D eigenvalue weighted by Crippen LogP contribution is 2.18. The fourth-order valence-electron chi connectivity index (χ4n) is 2.30. The zero-order valence-electron chi connectivity index (χ0n) is 11.9. The fraction of sp³-hybridized carbons (Fsp3) is 0.375. The topological polar surface area (TPSA) is 62.0 Å². The first-order valence-electron chi connectivity index (χ1n) is 7.04. The van der Waals surface area contributed by atoms with Crippen LogP contribution in [0.15, 0.2) is 24.4 Å². The monoisotopic (exact) mass is 272 g/mol. The molecule has 1 heterocycles. The molecule has 0 unspecified atom stereocenters. The van der Waals surface area contributed by atoms with Crippen LogP contribution in [-0.2, 0) is 0 Å². The van der Waals surface area contributed by atoms with Gasteiger partial charge in [-0.05, 0) is 18.1 Å². The van der Waals surface area contributed by atoms with Crippen molar-refractivity contribution in [1.29, 1.82) is 0 Å². The van der Waals surface area contributed by atoms with Crippen molar-refractivity contribution in [3.63, 3.8) is 0 Å². The van der Waals surface area contributed by atoms with Gasteiger partial charge in [-0.3, -0.25) is 9.59 Å². The summed E-state index contributed by atoms with van der Waals surface area (Å²) in [5.41, 5.74) is 2.04. The highest BCUT2D eigenvalue weighted by Gasteiger charge is 2.10. The van der Waals surface area contributed by atoms with Crippen LogP contribution in [0.1, 0.15) is 47.4 Å². The number of aromatic nitrogens is 1. The molecule has 2 N–H and O–H groups in total. The highest BCUT2D eigenvalue weighted by atomic mass is 16.1. The zero-order valence-corrected chi connectivity index (χ0v) is 11.9. The van der Waals surface area contributed by atoms with Crippen molar-refractivity contribution in [2.75, 3.05) is 6.54 Å². The van der Waals surface area contributed by atoms with Crippen LogP contribution in [0.25, 0.3) is 10.9 Å².